The lowest BCUT2D eigenvalue weighted by Gasteiger charge is -2.27. The van der Waals surface area contributed by atoms with Crippen molar-refractivity contribution in [3.8, 4) is 0 Å². The lowest BCUT2D eigenvalue weighted by Crippen LogP contribution is -2.38. The molecule has 5 nitrogen and oxygen atoms in total. The molecule has 1 unspecified atom stereocenters. The average molecular weight is 274 g/mol. The normalized spacial score (nSPS) is 17.8. The van der Waals surface area contributed by atoms with Gasteiger partial charge in [-0.25, -0.2) is 0 Å². The fourth-order valence-corrected chi connectivity index (χ4v) is 2.74. The van der Waals surface area contributed by atoms with Gasteiger partial charge in [0.15, 0.2) is 5.69 Å². The van der Waals surface area contributed by atoms with Crippen LogP contribution >= 0.6 is 11.7 Å². The molecule has 0 saturated heterocycles. The van der Waals surface area contributed by atoms with Gasteiger partial charge in [0.05, 0.1) is 17.9 Å². The van der Waals surface area contributed by atoms with E-state index in [4.69, 9.17) is 0 Å². The summed E-state index contributed by atoms with van der Waals surface area (Å²) in [6, 6.07) is 8.52. The highest BCUT2D eigenvalue weighted by Gasteiger charge is 2.20. The zero-order chi connectivity index (χ0) is 13.1. The Hall–Kier alpha value is -1.79. The zero-order valence-electron chi connectivity index (χ0n) is 10.3. The molecule has 1 aromatic carbocycles. The molecule has 1 amide bonds. The number of rotatable bonds is 3. The van der Waals surface area contributed by atoms with Crippen molar-refractivity contribution in [2.45, 2.75) is 12.5 Å². The summed E-state index contributed by atoms with van der Waals surface area (Å²) in [5.41, 5.74) is 3.01. The highest BCUT2D eigenvalue weighted by molar-refractivity contribution is 6.99. The molecule has 19 heavy (non-hydrogen) atoms. The topological polar surface area (TPSA) is 66.9 Å². The number of amides is 1. The van der Waals surface area contributed by atoms with Crippen molar-refractivity contribution in [3.63, 3.8) is 0 Å². The number of carbonyl (C=O) groups excluding carboxylic acids is 1. The molecule has 1 atom stereocenters. The molecule has 6 heteroatoms. The number of benzene rings is 1. The van der Waals surface area contributed by atoms with Gasteiger partial charge < -0.3 is 10.6 Å². The Kier molecular flexibility index (Phi) is 3.52. The van der Waals surface area contributed by atoms with E-state index in [1.807, 2.05) is 6.07 Å². The van der Waals surface area contributed by atoms with E-state index in [-0.39, 0.29) is 11.9 Å². The zero-order valence-corrected chi connectivity index (χ0v) is 11.1. The van der Waals surface area contributed by atoms with Crippen molar-refractivity contribution in [1.82, 2.24) is 19.4 Å². The molecule has 3 rings (SSSR count). The molecule has 0 fully saturated rings. The fraction of sp³-hybridized carbons (Fsp3) is 0.308. The van der Waals surface area contributed by atoms with Crippen molar-refractivity contribution in [2.24, 2.45) is 0 Å². The molecule has 1 aromatic heterocycles. The maximum Gasteiger partial charge on any atom is 0.272 e. The largest absolute Gasteiger partial charge is 0.349 e. The Balaban J connectivity index is 1.67. The average Bonchev–Trinajstić information content (AvgIpc) is 2.99. The number of nitrogens with one attached hydrogen (secondary N) is 2. The van der Waals surface area contributed by atoms with Crippen LogP contribution in [0.1, 0.15) is 27.7 Å². The lowest BCUT2D eigenvalue weighted by atomic mass is 9.94. The third-order valence-corrected chi connectivity index (χ3v) is 3.75. The molecule has 0 radical (unpaired) electrons. The van der Waals surface area contributed by atoms with Crippen LogP contribution < -0.4 is 10.6 Å². The molecule has 98 valence electrons. The summed E-state index contributed by atoms with van der Waals surface area (Å²) in [5.74, 6) is -0.168. The van der Waals surface area contributed by atoms with Crippen LogP contribution in [0.3, 0.4) is 0 Å². The Morgan fingerprint density at radius 2 is 2.37 bits per heavy atom. The van der Waals surface area contributed by atoms with Crippen LogP contribution in [0.2, 0.25) is 0 Å². The van der Waals surface area contributed by atoms with Gasteiger partial charge in [0.25, 0.3) is 5.91 Å². The number of nitrogens with zero attached hydrogens (tertiary/aromatic N) is 2. The second-order valence-corrected chi connectivity index (χ2v) is 5.01. The highest BCUT2D eigenvalue weighted by Crippen LogP contribution is 2.21. The molecule has 0 bridgehead atoms. The quantitative estimate of drug-likeness (QED) is 0.881. The van der Waals surface area contributed by atoms with E-state index in [0.717, 1.165) is 24.7 Å². The first-order valence-corrected chi connectivity index (χ1v) is 6.94. The second-order valence-electron chi connectivity index (χ2n) is 4.46. The highest BCUT2D eigenvalue weighted by atomic mass is 32.1. The molecule has 0 saturated carbocycles. The standard InChI is InChI=1S/C13H14N4OS/c18-13(12-8-16-19-17-12)15-7-11-10-4-2-1-3-9(10)5-6-14-11/h1-4,8,11,14H,5-7H2,(H,15,18). The Morgan fingerprint density at radius 3 is 3.21 bits per heavy atom. The number of fused-ring (bicyclic) bond motifs is 1. The predicted octanol–water partition coefficient (Wildman–Crippen LogP) is 1.15. The van der Waals surface area contributed by atoms with Crippen LogP contribution in [-0.2, 0) is 6.42 Å². The fourth-order valence-electron chi connectivity index (χ4n) is 2.32. The van der Waals surface area contributed by atoms with Gasteiger partial charge in [-0.3, -0.25) is 4.79 Å². The smallest absolute Gasteiger partial charge is 0.272 e. The summed E-state index contributed by atoms with van der Waals surface area (Å²) in [6.45, 7) is 1.50. The molecule has 1 aliphatic heterocycles. The van der Waals surface area contributed by atoms with Gasteiger partial charge in [0.2, 0.25) is 0 Å². The maximum absolute atomic E-state index is 11.8. The van der Waals surface area contributed by atoms with E-state index in [2.05, 4.69) is 37.6 Å². The van der Waals surface area contributed by atoms with Crippen molar-refractivity contribution < 1.29 is 4.79 Å². The summed E-state index contributed by atoms with van der Waals surface area (Å²) < 4.78 is 7.75. The number of hydrogen-bond donors (Lipinski definition) is 2. The Bertz CT molecular complexity index is 570. The molecule has 0 spiro atoms. The third kappa shape index (κ3) is 2.64. The predicted molar refractivity (Wildman–Crippen MR) is 73.1 cm³/mol. The first kappa shape index (κ1) is 12.3. The SMILES string of the molecule is O=C(NCC1NCCc2ccccc21)c1cnsn1. The molecule has 0 aliphatic carbocycles. The Labute approximate surface area is 115 Å². The molecule has 1 aliphatic rings. The number of aromatic nitrogens is 2. The number of carbonyl (C=O) groups is 1. The van der Waals surface area contributed by atoms with Crippen molar-refractivity contribution in [1.29, 1.82) is 0 Å². The van der Waals surface area contributed by atoms with Crippen molar-refractivity contribution in [3.05, 3.63) is 47.3 Å². The molecular weight excluding hydrogens is 260 g/mol. The summed E-state index contributed by atoms with van der Waals surface area (Å²) in [4.78, 5) is 11.8. The first-order valence-electron chi connectivity index (χ1n) is 6.21. The van der Waals surface area contributed by atoms with Crippen molar-refractivity contribution >= 4 is 17.6 Å². The summed E-state index contributed by atoms with van der Waals surface area (Å²) in [6.07, 6.45) is 2.53. The van der Waals surface area contributed by atoms with E-state index >= 15 is 0 Å². The lowest BCUT2D eigenvalue weighted by molar-refractivity contribution is 0.0945. The van der Waals surface area contributed by atoms with Gasteiger partial charge >= 0.3 is 0 Å². The molecule has 2 N–H and O–H groups in total. The van der Waals surface area contributed by atoms with E-state index in [1.54, 1.807) is 0 Å². The van der Waals surface area contributed by atoms with Gasteiger partial charge in [0.1, 0.15) is 0 Å². The van der Waals surface area contributed by atoms with Crippen LogP contribution in [0.5, 0.6) is 0 Å². The van der Waals surface area contributed by atoms with Gasteiger partial charge in [0, 0.05) is 12.6 Å². The summed E-state index contributed by atoms with van der Waals surface area (Å²) in [5, 5.41) is 6.33. The van der Waals surface area contributed by atoms with Gasteiger partial charge in [-0.1, -0.05) is 24.3 Å². The second kappa shape index (κ2) is 5.46. The van der Waals surface area contributed by atoms with E-state index < -0.39 is 0 Å². The number of hydrogen-bond acceptors (Lipinski definition) is 5. The van der Waals surface area contributed by atoms with Gasteiger partial charge in [-0.15, -0.1) is 0 Å². The van der Waals surface area contributed by atoms with Gasteiger partial charge in [-0.05, 0) is 24.1 Å². The van der Waals surface area contributed by atoms with Crippen LogP contribution in [0.4, 0.5) is 0 Å². The monoisotopic (exact) mass is 274 g/mol. The van der Waals surface area contributed by atoms with E-state index in [1.165, 1.54) is 17.3 Å². The van der Waals surface area contributed by atoms with E-state index in [9.17, 15) is 4.79 Å². The van der Waals surface area contributed by atoms with Gasteiger partial charge in [-0.2, -0.15) is 8.75 Å². The maximum atomic E-state index is 11.8. The van der Waals surface area contributed by atoms with Crippen LogP contribution in [0, 0.1) is 0 Å². The molecule has 2 aromatic rings. The summed E-state index contributed by atoms with van der Waals surface area (Å²) in [7, 11) is 0. The summed E-state index contributed by atoms with van der Waals surface area (Å²) >= 11 is 1.04. The van der Waals surface area contributed by atoms with Crippen LogP contribution in [-0.4, -0.2) is 27.7 Å². The minimum Gasteiger partial charge on any atom is -0.349 e. The first-order chi connectivity index (χ1) is 9.34. The van der Waals surface area contributed by atoms with Crippen LogP contribution in [0.25, 0.3) is 0 Å². The van der Waals surface area contributed by atoms with Crippen molar-refractivity contribution in [2.75, 3.05) is 13.1 Å². The molecule has 2 heterocycles. The van der Waals surface area contributed by atoms with Crippen LogP contribution in [0.15, 0.2) is 30.5 Å². The Morgan fingerprint density at radius 1 is 1.47 bits per heavy atom. The minimum absolute atomic E-state index is 0.167. The third-order valence-electron chi connectivity index (χ3n) is 3.28. The molecular formula is C13H14N4OS. The van der Waals surface area contributed by atoms with E-state index in [0.29, 0.717) is 12.2 Å². The minimum atomic E-state index is -0.168.